The van der Waals surface area contributed by atoms with E-state index in [9.17, 15) is 0 Å². The lowest BCUT2D eigenvalue weighted by molar-refractivity contribution is 0.260. The number of hydrogen-bond acceptors (Lipinski definition) is 3. The molecule has 1 aromatic rings. The molecule has 3 nitrogen and oxygen atoms in total. The molecule has 0 radical (unpaired) electrons. The van der Waals surface area contributed by atoms with Crippen molar-refractivity contribution < 1.29 is 0 Å². The smallest absolute Gasteiger partial charge is 0.0378 e. The molecule has 3 rings (SSSR count). The lowest BCUT2D eigenvalue weighted by Gasteiger charge is -2.25. The molecule has 1 aromatic carbocycles. The molecule has 0 aromatic heterocycles. The minimum Gasteiger partial charge on any atom is -0.370 e. The standard InChI is InChI=1S/C17H26BrN3/c1-13(19-2)16-6-5-14(11-17(16)18)21-10-7-15(12-21)20-8-3-4-9-20/h5-6,11,13,15,19H,3-4,7-10,12H2,1-2H3. The molecule has 2 aliphatic heterocycles. The van der Waals surface area contributed by atoms with Gasteiger partial charge in [-0.15, -0.1) is 0 Å². The second-order valence-electron chi connectivity index (χ2n) is 6.35. The molecule has 0 aliphatic carbocycles. The first-order chi connectivity index (χ1) is 10.2. The second kappa shape index (κ2) is 6.67. The first kappa shape index (κ1) is 15.3. The van der Waals surface area contributed by atoms with E-state index in [1.54, 1.807) is 0 Å². The van der Waals surface area contributed by atoms with E-state index in [4.69, 9.17) is 0 Å². The molecular formula is C17H26BrN3. The first-order valence-electron chi connectivity index (χ1n) is 8.14. The number of nitrogens with zero attached hydrogens (tertiary/aromatic N) is 2. The Hall–Kier alpha value is -0.580. The molecule has 0 spiro atoms. The van der Waals surface area contributed by atoms with Crippen LogP contribution < -0.4 is 10.2 Å². The van der Waals surface area contributed by atoms with Crippen molar-refractivity contribution >= 4 is 21.6 Å². The average molecular weight is 352 g/mol. The molecule has 1 N–H and O–H groups in total. The number of halogens is 1. The van der Waals surface area contributed by atoms with Crippen molar-refractivity contribution in [1.82, 2.24) is 10.2 Å². The molecule has 0 bridgehead atoms. The van der Waals surface area contributed by atoms with Crippen molar-refractivity contribution in [2.75, 3.05) is 38.1 Å². The summed E-state index contributed by atoms with van der Waals surface area (Å²) >= 11 is 3.74. The summed E-state index contributed by atoms with van der Waals surface area (Å²) in [5.41, 5.74) is 2.69. The van der Waals surface area contributed by atoms with Crippen LogP contribution >= 0.6 is 15.9 Å². The van der Waals surface area contributed by atoms with Crippen molar-refractivity contribution in [3.8, 4) is 0 Å². The van der Waals surface area contributed by atoms with Gasteiger partial charge in [0.1, 0.15) is 0 Å². The Kier molecular flexibility index (Phi) is 4.87. The van der Waals surface area contributed by atoms with Crippen molar-refractivity contribution in [3.63, 3.8) is 0 Å². The quantitative estimate of drug-likeness (QED) is 0.896. The van der Waals surface area contributed by atoms with Gasteiger partial charge < -0.3 is 10.2 Å². The zero-order chi connectivity index (χ0) is 14.8. The predicted molar refractivity (Wildman–Crippen MR) is 93.0 cm³/mol. The fourth-order valence-electron chi connectivity index (χ4n) is 3.60. The van der Waals surface area contributed by atoms with E-state index in [-0.39, 0.29) is 0 Å². The van der Waals surface area contributed by atoms with Gasteiger partial charge in [0, 0.05) is 35.3 Å². The van der Waals surface area contributed by atoms with Crippen LogP contribution in [0.2, 0.25) is 0 Å². The van der Waals surface area contributed by atoms with E-state index in [1.807, 2.05) is 7.05 Å². The third-order valence-corrected chi connectivity index (χ3v) is 5.76. The van der Waals surface area contributed by atoms with Crippen LogP contribution in [0.15, 0.2) is 22.7 Å². The summed E-state index contributed by atoms with van der Waals surface area (Å²) in [4.78, 5) is 5.23. The van der Waals surface area contributed by atoms with Crippen molar-refractivity contribution in [3.05, 3.63) is 28.2 Å². The Bertz CT molecular complexity index is 485. The fourth-order valence-corrected chi connectivity index (χ4v) is 4.31. The third-order valence-electron chi connectivity index (χ3n) is 5.07. The highest BCUT2D eigenvalue weighted by atomic mass is 79.9. The monoisotopic (exact) mass is 351 g/mol. The van der Waals surface area contributed by atoms with Crippen LogP contribution in [-0.4, -0.2) is 44.2 Å². The molecule has 2 heterocycles. The maximum atomic E-state index is 3.74. The van der Waals surface area contributed by atoms with Gasteiger partial charge in [-0.1, -0.05) is 22.0 Å². The van der Waals surface area contributed by atoms with Crippen molar-refractivity contribution in [1.29, 1.82) is 0 Å². The molecule has 2 fully saturated rings. The van der Waals surface area contributed by atoms with Gasteiger partial charge in [-0.05, 0) is 64.0 Å². The maximum Gasteiger partial charge on any atom is 0.0378 e. The van der Waals surface area contributed by atoms with Gasteiger partial charge in [-0.3, -0.25) is 4.90 Å². The number of anilines is 1. The Morgan fingerprint density at radius 2 is 2.00 bits per heavy atom. The lowest BCUT2D eigenvalue weighted by atomic mass is 10.1. The molecular weight excluding hydrogens is 326 g/mol. The predicted octanol–water partition coefficient (Wildman–Crippen LogP) is 3.40. The largest absolute Gasteiger partial charge is 0.370 e. The van der Waals surface area contributed by atoms with E-state index >= 15 is 0 Å². The molecule has 2 unspecified atom stereocenters. The fraction of sp³-hybridized carbons (Fsp3) is 0.647. The number of hydrogen-bond donors (Lipinski definition) is 1. The van der Waals surface area contributed by atoms with Gasteiger partial charge >= 0.3 is 0 Å². The summed E-state index contributed by atoms with van der Waals surface area (Å²) in [5.74, 6) is 0. The number of nitrogens with one attached hydrogen (secondary N) is 1. The van der Waals surface area contributed by atoms with Crippen molar-refractivity contribution in [2.24, 2.45) is 0 Å². The van der Waals surface area contributed by atoms with Crippen LogP contribution in [0.4, 0.5) is 5.69 Å². The van der Waals surface area contributed by atoms with Gasteiger partial charge in [-0.2, -0.15) is 0 Å². The molecule has 0 saturated carbocycles. The van der Waals surface area contributed by atoms with Crippen LogP contribution in [0.1, 0.15) is 37.8 Å². The Balaban J connectivity index is 1.68. The van der Waals surface area contributed by atoms with Crippen LogP contribution in [0, 0.1) is 0 Å². The normalized spacial score (nSPS) is 24.7. The zero-order valence-electron chi connectivity index (χ0n) is 13.1. The average Bonchev–Trinajstić information content (AvgIpc) is 3.17. The second-order valence-corrected chi connectivity index (χ2v) is 7.20. The van der Waals surface area contributed by atoms with Crippen LogP contribution in [-0.2, 0) is 0 Å². The SMILES string of the molecule is CNC(C)c1ccc(N2CCC(N3CCCC3)C2)cc1Br. The number of likely N-dealkylation sites (tertiary alicyclic amines) is 1. The minimum absolute atomic E-state index is 0.379. The first-order valence-corrected chi connectivity index (χ1v) is 8.94. The molecule has 4 heteroatoms. The molecule has 2 aliphatic rings. The van der Waals surface area contributed by atoms with Crippen LogP contribution in [0.3, 0.4) is 0 Å². The number of rotatable bonds is 4. The maximum absolute atomic E-state index is 3.74. The molecule has 2 saturated heterocycles. The highest BCUT2D eigenvalue weighted by Crippen LogP contribution is 2.31. The zero-order valence-corrected chi connectivity index (χ0v) is 14.7. The third kappa shape index (κ3) is 3.27. The molecule has 0 amide bonds. The molecule has 2 atom stereocenters. The Morgan fingerprint density at radius 3 is 2.67 bits per heavy atom. The van der Waals surface area contributed by atoms with E-state index < -0.39 is 0 Å². The van der Waals surface area contributed by atoms with E-state index in [1.165, 1.54) is 61.2 Å². The van der Waals surface area contributed by atoms with Crippen molar-refractivity contribution in [2.45, 2.75) is 38.3 Å². The lowest BCUT2D eigenvalue weighted by Crippen LogP contribution is -2.35. The van der Waals surface area contributed by atoms with E-state index in [2.05, 4.69) is 56.2 Å². The summed E-state index contributed by atoms with van der Waals surface area (Å²) in [6, 6.07) is 7.96. The van der Waals surface area contributed by atoms with E-state index in [0.29, 0.717) is 6.04 Å². The van der Waals surface area contributed by atoms with Crippen LogP contribution in [0.25, 0.3) is 0 Å². The van der Waals surface area contributed by atoms with Gasteiger partial charge in [0.15, 0.2) is 0 Å². The molecule has 21 heavy (non-hydrogen) atoms. The van der Waals surface area contributed by atoms with Crippen LogP contribution in [0.5, 0.6) is 0 Å². The number of benzene rings is 1. The van der Waals surface area contributed by atoms with Gasteiger partial charge in [-0.25, -0.2) is 0 Å². The van der Waals surface area contributed by atoms with Gasteiger partial charge in [0.25, 0.3) is 0 Å². The summed E-state index contributed by atoms with van der Waals surface area (Å²) in [5, 5.41) is 3.30. The highest BCUT2D eigenvalue weighted by Gasteiger charge is 2.29. The topological polar surface area (TPSA) is 18.5 Å². The summed E-state index contributed by atoms with van der Waals surface area (Å²) in [6.07, 6.45) is 4.09. The summed E-state index contributed by atoms with van der Waals surface area (Å²) < 4.78 is 1.21. The Morgan fingerprint density at radius 1 is 1.24 bits per heavy atom. The summed E-state index contributed by atoms with van der Waals surface area (Å²) in [7, 11) is 2.01. The Labute approximate surface area is 136 Å². The summed E-state index contributed by atoms with van der Waals surface area (Å²) in [6.45, 7) is 7.18. The van der Waals surface area contributed by atoms with E-state index in [0.717, 1.165) is 6.04 Å². The van der Waals surface area contributed by atoms with Gasteiger partial charge in [0.2, 0.25) is 0 Å². The molecule has 116 valence electrons. The highest BCUT2D eigenvalue weighted by molar-refractivity contribution is 9.10. The minimum atomic E-state index is 0.379. The van der Waals surface area contributed by atoms with Gasteiger partial charge in [0.05, 0.1) is 0 Å².